The molecule has 0 saturated heterocycles. The Balaban J connectivity index is 3.00. The van der Waals surface area contributed by atoms with Crippen molar-refractivity contribution >= 4 is 0 Å². The molecule has 84 valence electrons. The summed E-state index contributed by atoms with van der Waals surface area (Å²) in [4.78, 5) is 0. The Hall–Kier alpha value is -1.06. The molecule has 0 saturated carbocycles. The zero-order valence-corrected chi connectivity index (χ0v) is 9.62. The van der Waals surface area contributed by atoms with Crippen molar-refractivity contribution in [1.82, 2.24) is 0 Å². The van der Waals surface area contributed by atoms with Crippen LogP contribution in [0.3, 0.4) is 0 Å². The van der Waals surface area contributed by atoms with Gasteiger partial charge in [0, 0.05) is 12.7 Å². The van der Waals surface area contributed by atoms with Gasteiger partial charge in [0.15, 0.2) is 0 Å². The van der Waals surface area contributed by atoms with Crippen molar-refractivity contribution in [3.05, 3.63) is 29.8 Å². The van der Waals surface area contributed by atoms with Crippen molar-refractivity contribution < 1.29 is 9.47 Å². The molecule has 0 radical (unpaired) electrons. The van der Waals surface area contributed by atoms with Crippen LogP contribution in [0, 0.1) is 0 Å². The molecule has 1 rings (SSSR count). The van der Waals surface area contributed by atoms with Crippen LogP contribution in [0.15, 0.2) is 24.3 Å². The third-order valence-corrected chi connectivity index (χ3v) is 2.25. The zero-order chi connectivity index (χ0) is 11.3. The van der Waals surface area contributed by atoms with E-state index in [2.05, 4.69) is 0 Å². The molecule has 0 fully saturated rings. The van der Waals surface area contributed by atoms with E-state index in [0.717, 1.165) is 11.3 Å². The SMILES string of the molecule is CCOc1ccccc1C(C)(N)COC. The van der Waals surface area contributed by atoms with E-state index in [-0.39, 0.29) is 0 Å². The number of hydrogen-bond donors (Lipinski definition) is 1. The third kappa shape index (κ3) is 2.94. The van der Waals surface area contributed by atoms with Crippen molar-refractivity contribution in [3.8, 4) is 5.75 Å². The largest absolute Gasteiger partial charge is 0.494 e. The van der Waals surface area contributed by atoms with Gasteiger partial charge in [-0.2, -0.15) is 0 Å². The molecule has 0 amide bonds. The Morgan fingerprint density at radius 2 is 2.00 bits per heavy atom. The van der Waals surface area contributed by atoms with Gasteiger partial charge in [-0.15, -0.1) is 0 Å². The highest BCUT2D eigenvalue weighted by molar-refractivity contribution is 5.38. The summed E-state index contributed by atoms with van der Waals surface area (Å²) in [6.07, 6.45) is 0. The first-order chi connectivity index (χ1) is 7.11. The first-order valence-electron chi connectivity index (χ1n) is 5.12. The van der Waals surface area contributed by atoms with Gasteiger partial charge in [-0.25, -0.2) is 0 Å². The molecule has 0 bridgehead atoms. The number of hydrogen-bond acceptors (Lipinski definition) is 3. The standard InChI is InChI=1S/C12H19NO2/c1-4-15-11-8-6-5-7-10(11)12(2,13)9-14-3/h5-8H,4,9,13H2,1-3H3. The van der Waals surface area contributed by atoms with Crippen LogP contribution in [0.4, 0.5) is 0 Å². The lowest BCUT2D eigenvalue weighted by Crippen LogP contribution is -2.38. The van der Waals surface area contributed by atoms with E-state index in [0.29, 0.717) is 13.2 Å². The van der Waals surface area contributed by atoms with E-state index < -0.39 is 5.54 Å². The smallest absolute Gasteiger partial charge is 0.124 e. The summed E-state index contributed by atoms with van der Waals surface area (Å²) in [6.45, 7) is 5.01. The van der Waals surface area contributed by atoms with E-state index in [1.807, 2.05) is 38.1 Å². The van der Waals surface area contributed by atoms with Gasteiger partial charge >= 0.3 is 0 Å². The molecule has 0 aromatic heterocycles. The quantitative estimate of drug-likeness (QED) is 0.805. The number of rotatable bonds is 5. The Morgan fingerprint density at radius 1 is 1.33 bits per heavy atom. The van der Waals surface area contributed by atoms with E-state index >= 15 is 0 Å². The van der Waals surface area contributed by atoms with Crippen LogP contribution in [-0.4, -0.2) is 20.3 Å². The molecule has 0 aliphatic rings. The van der Waals surface area contributed by atoms with Gasteiger partial charge in [0.2, 0.25) is 0 Å². The average Bonchev–Trinajstić information content (AvgIpc) is 2.19. The van der Waals surface area contributed by atoms with Gasteiger partial charge in [0.25, 0.3) is 0 Å². The minimum absolute atomic E-state index is 0.469. The molecule has 15 heavy (non-hydrogen) atoms. The van der Waals surface area contributed by atoms with E-state index in [1.165, 1.54) is 0 Å². The fourth-order valence-electron chi connectivity index (χ4n) is 1.60. The molecule has 1 atom stereocenters. The summed E-state index contributed by atoms with van der Waals surface area (Å²) in [5.41, 5.74) is 6.64. The second-order valence-electron chi connectivity index (χ2n) is 3.78. The lowest BCUT2D eigenvalue weighted by atomic mass is 9.93. The number of methoxy groups -OCH3 is 1. The number of benzene rings is 1. The highest BCUT2D eigenvalue weighted by Crippen LogP contribution is 2.28. The molecule has 1 aromatic rings. The molecule has 0 heterocycles. The van der Waals surface area contributed by atoms with Crippen molar-refractivity contribution in [1.29, 1.82) is 0 Å². The second-order valence-corrected chi connectivity index (χ2v) is 3.78. The molecule has 1 aromatic carbocycles. The van der Waals surface area contributed by atoms with Gasteiger partial charge in [0.1, 0.15) is 5.75 Å². The maximum Gasteiger partial charge on any atom is 0.124 e. The van der Waals surface area contributed by atoms with Crippen LogP contribution in [0.5, 0.6) is 5.75 Å². The Labute approximate surface area is 91.2 Å². The van der Waals surface area contributed by atoms with E-state index in [9.17, 15) is 0 Å². The van der Waals surface area contributed by atoms with Crippen LogP contribution in [0.2, 0.25) is 0 Å². The normalized spacial score (nSPS) is 14.7. The Kier molecular flexibility index (Phi) is 4.12. The summed E-state index contributed by atoms with van der Waals surface area (Å²) >= 11 is 0. The second kappa shape index (κ2) is 5.14. The molecule has 0 aliphatic heterocycles. The van der Waals surface area contributed by atoms with Gasteiger partial charge in [-0.1, -0.05) is 18.2 Å². The van der Waals surface area contributed by atoms with Crippen LogP contribution in [-0.2, 0) is 10.3 Å². The first-order valence-corrected chi connectivity index (χ1v) is 5.12. The number of para-hydroxylation sites is 1. The zero-order valence-electron chi connectivity index (χ0n) is 9.62. The molecule has 2 N–H and O–H groups in total. The topological polar surface area (TPSA) is 44.5 Å². The van der Waals surface area contributed by atoms with Crippen LogP contribution < -0.4 is 10.5 Å². The minimum Gasteiger partial charge on any atom is -0.494 e. The fraction of sp³-hybridized carbons (Fsp3) is 0.500. The highest BCUT2D eigenvalue weighted by Gasteiger charge is 2.24. The van der Waals surface area contributed by atoms with Crippen molar-refractivity contribution in [2.24, 2.45) is 5.73 Å². The predicted molar refractivity (Wildman–Crippen MR) is 61.0 cm³/mol. The predicted octanol–water partition coefficient (Wildman–Crippen LogP) is 1.91. The summed E-state index contributed by atoms with van der Waals surface area (Å²) in [6, 6.07) is 7.81. The summed E-state index contributed by atoms with van der Waals surface area (Å²) in [5.74, 6) is 0.835. The lowest BCUT2D eigenvalue weighted by Gasteiger charge is -2.26. The molecule has 1 unspecified atom stereocenters. The molecule has 3 nitrogen and oxygen atoms in total. The number of nitrogens with two attached hydrogens (primary N) is 1. The van der Waals surface area contributed by atoms with E-state index in [4.69, 9.17) is 15.2 Å². The van der Waals surface area contributed by atoms with Gasteiger partial charge in [-0.05, 0) is 19.9 Å². The van der Waals surface area contributed by atoms with Crippen molar-refractivity contribution in [2.45, 2.75) is 19.4 Å². The number of ether oxygens (including phenoxy) is 2. The van der Waals surface area contributed by atoms with Gasteiger partial charge in [0.05, 0.1) is 18.8 Å². The van der Waals surface area contributed by atoms with E-state index in [1.54, 1.807) is 7.11 Å². The fourth-order valence-corrected chi connectivity index (χ4v) is 1.60. The molecule has 3 heteroatoms. The molecular formula is C12H19NO2. The summed E-state index contributed by atoms with van der Waals surface area (Å²) in [5, 5.41) is 0. The van der Waals surface area contributed by atoms with Gasteiger partial charge < -0.3 is 15.2 Å². The minimum atomic E-state index is -0.513. The summed E-state index contributed by atoms with van der Waals surface area (Å²) < 4.78 is 10.6. The maximum atomic E-state index is 6.17. The average molecular weight is 209 g/mol. The molecular weight excluding hydrogens is 190 g/mol. The van der Waals surface area contributed by atoms with Crippen LogP contribution in [0.25, 0.3) is 0 Å². The lowest BCUT2D eigenvalue weighted by molar-refractivity contribution is 0.138. The Bertz CT molecular complexity index is 310. The first kappa shape index (κ1) is 12.0. The van der Waals surface area contributed by atoms with Crippen molar-refractivity contribution in [3.63, 3.8) is 0 Å². The van der Waals surface area contributed by atoms with Crippen molar-refractivity contribution in [2.75, 3.05) is 20.3 Å². The molecule has 0 aliphatic carbocycles. The highest BCUT2D eigenvalue weighted by atomic mass is 16.5. The van der Waals surface area contributed by atoms with Crippen LogP contribution in [0.1, 0.15) is 19.4 Å². The molecule has 0 spiro atoms. The third-order valence-electron chi connectivity index (χ3n) is 2.25. The monoisotopic (exact) mass is 209 g/mol. The van der Waals surface area contributed by atoms with Gasteiger partial charge in [-0.3, -0.25) is 0 Å². The summed E-state index contributed by atoms with van der Waals surface area (Å²) in [7, 11) is 1.65. The maximum absolute atomic E-state index is 6.17. The Morgan fingerprint density at radius 3 is 2.60 bits per heavy atom. The van der Waals surface area contributed by atoms with Crippen LogP contribution >= 0.6 is 0 Å².